The third kappa shape index (κ3) is 5.72. The van der Waals surface area contributed by atoms with E-state index in [0.717, 1.165) is 5.57 Å². The van der Waals surface area contributed by atoms with Gasteiger partial charge in [0.25, 0.3) is 0 Å². The van der Waals surface area contributed by atoms with Gasteiger partial charge in [0.15, 0.2) is 0 Å². The number of benzene rings is 2. The van der Waals surface area contributed by atoms with Gasteiger partial charge in [-0.15, -0.1) is 0 Å². The highest BCUT2D eigenvalue weighted by Crippen LogP contribution is 2.23. The Morgan fingerprint density at radius 3 is 1.47 bits per heavy atom. The Balaban J connectivity index is 2.45. The lowest BCUT2D eigenvalue weighted by atomic mass is 10.00. The van der Waals surface area contributed by atoms with Crippen molar-refractivity contribution in [2.75, 3.05) is 26.2 Å². The molecule has 0 atom stereocenters. The van der Waals surface area contributed by atoms with Gasteiger partial charge in [0.05, 0.1) is 0 Å². The van der Waals surface area contributed by atoms with Gasteiger partial charge >= 0.3 is 0 Å². The van der Waals surface area contributed by atoms with Gasteiger partial charge in [-0.1, -0.05) is 88.9 Å². The zero-order chi connectivity index (χ0) is 22.0. The van der Waals surface area contributed by atoms with Gasteiger partial charge in [0.1, 0.15) is 0 Å². The Hall–Kier alpha value is -1.68. The van der Waals surface area contributed by atoms with Crippen molar-refractivity contribution >= 4 is 19.2 Å². The van der Waals surface area contributed by atoms with Gasteiger partial charge in [0.2, 0.25) is 8.40 Å². The molecular weight excluding hydrogens is 380 g/mol. The summed E-state index contributed by atoms with van der Waals surface area (Å²) >= 11 is 0. The molecule has 0 saturated carbocycles. The first-order valence-corrected chi connectivity index (χ1v) is 14.3. The molecule has 0 aliphatic carbocycles. The molecule has 0 fully saturated rings. The first-order chi connectivity index (χ1) is 14.5. The van der Waals surface area contributed by atoms with Crippen molar-refractivity contribution in [2.45, 2.75) is 59.9 Å². The Labute approximate surface area is 186 Å². The third-order valence-electron chi connectivity index (χ3n) is 6.11. The molecule has 30 heavy (non-hydrogen) atoms. The summed E-state index contributed by atoms with van der Waals surface area (Å²) in [7, 11) is -1.97. The highest BCUT2D eigenvalue weighted by Gasteiger charge is 2.41. The van der Waals surface area contributed by atoms with E-state index in [-0.39, 0.29) is 0 Å². The zero-order valence-electron chi connectivity index (χ0n) is 20.0. The van der Waals surface area contributed by atoms with Crippen LogP contribution in [0.3, 0.4) is 0 Å². The van der Waals surface area contributed by atoms with Gasteiger partial charge in [-0.05, 0) is 80.3 Å². The van der Waals surface area contributed by atoms with Crippen LogP contribution in [0.1, 0.15) is 64.5 Å². The second-order valence-electron chi connectivity index (χ2n) is 8.42. The summed E-state index contributed by atoms with van der Waals surface area (Å²) in [5.74, 6) is 0. The fraction of sp³-hybridized carbons (Fsp3) is 0.481. The summed E-state index contributed by atoms with van der Waals surface area (Å²) in [5.41, 5.74) is 3.52. The van der Waals surface area contributed by atoms with E-state index >= 15 is 0 Å². The van der Waals surface area contributed by atoms with E-state index in [0.29, 0.717) is 0 Å². The largest absolute Gasteiger partial charge is 0.308 e. The molecular formula is C27H42N2Si. The van der Waals surface area contributed by atoms with Gasteiger partial charge < -0.3 is 9.13 Å². The SMILES string of the molecule is C=C(c1ccccc1)c1ccc([Si](C)(N(CCC)CCC)N(CCC)CCC)cc1. The molecule has 0 aromatic heterocycles. The molecule has 0 N–H and O–H groups in total. The van der Waals surface area contributed by atoms with Crippen molar-refractivity contribution in [3.63, 3.8) is 0 Å². The van der Waals surface area contributed by atoms with E-state index in [4.69, 9.17) is 0 Å². The van der Waals surface area contributed by atoms with Crippen LogP contribution >= 0.6 is 0 Å². The first-order valence-electron chi connectivity index (χ1n) is 11.9. The lowest BCUT2D eigenvalue weighted by Crippen LogP contribution is -2.71. The second kappa shape index (κ2) is 12.2. The van der Waals surface area contributed by atoms with Crippen LogP contribution in [-0.4, -0.2) is 43.7 Å². The second-order valence-corrected chi connectivity index (χ2v) is 12.3. The molecule has 0 bridgehead atoms. The molecule has 0 heterocycles. The summed E-state index contributed by atoms with van der Waals surface area (Å²) in [6.45, 7) is 20.9. The van der Waals surface area contributed by atoms with Crippen molar-refractivity contribution in [3.05, 3.63) is 72.3 Å². The van der Waals surface area contributed by atoms with Crippen molar-refractivity contribution in [1.29, 1.82) is 0 Å². The number of rotatable bonds is 13. The molecule has 2 rings (SSSR count). The molecule has 0 aliphatic heterocycles. The average molecular weight is 423 g/mol. The van der Waals surface area contributed by atoms with Gasteiger partial charge in [-0.25, -0.2) is 0 Å². The maximum atomic E-state index is 4.37. The summed E-state index contributed by atoms with van der Waals surface area (Å²) in [4.78, 5) is 0. The summed E-state index contributed by atoms with van der Waals surface area (Å²) in [5, 5.41) is 1.52. The lowest BCUT2D eigenvalue weighted by molar-refractivity contribution is 0.329. The molecule has 0 aliphatic rings. The zero-order valence-corrected chi connectivity index (χ0v) is 21.0. The number of hydrogen-bond acceptors (Lipinski definition) is 2. The third-order valence-corrected chi connectivity index (χ3v) is 10.9. The fourth-order valence-electron chi connectivity index (χ4n) is 4.53. The van der Waals surface area contributed by atoms with Crippen LogP contribution in [0.4, 0.5) is 0 Å². The first kappa shape index (κ1) is 24.6. The Bertz CT molecular complexity index is 726. The van der Waals surface area contributed by atoms with Gasteiger partial charge in [-0.3, -0.25) is 0 Å². The standard InChI is InChI=1S/C27H42N2Si/c1-7-20-28(21-8-2)30(6,29(22-9-3)23-10-4)27-18-16-26(17-19-27)24(5)25-14-12-11-13-15-25/h11-19H,5,7-10,20-23H2,1-4,6H3. The molecule has 2 aromatic rings. The van der Waals surface area contributed by atoms with Crippen LogP contribution in [0, 0.1) is 0 Å². The molecule has 3 heteroatoms. The van der Waals surface area contributed by atoms with E-state index in [1.54, 1.807) is 0 Å². The monoisotopic (exact) mass is 422 g/mol. The molecule has 164 valence electrons. The molecule has 0 amide bonds. The van der Waals surface area contributed by atoms with Crippen molar-refractivity contribution < 1.29 is 0 Å². The van der Waals surface area contributed by atoms with E-state index in [9.17, 15) is 0 Å². The number of nitrogens with zero attached hydrogens (tertiary/aromatic N) is 2. The van der Waals surface area contributed by atoms with Crippen LogP contribution in [0.5, 0.6) is 0 Å². The Kier molecular flexibility index (Phi) is 10.0. The van der Waals surface area contributed by atoms with Gasteiger partial charge in [0, 0.05) is 0 Å². The van der Waals surface area contributed by atoms with E-state index in [1.165, 1.54) is 68.2 Å². The quantitative estimate of drug-likeness (QED) is 0.351. The molecule has 0 unspecified atom stereocenters. The maximum absolute atomic E-state index is 4.37. The van der Waals surface area contributed by atoms with E-state index in [1.807, 2.05) is 0 Å². The highest BCUT2D eigenvalue weighted by molar-refractivity contribution is 6.86. The van der Waals surface area contributed by atoms with Crippen LogP contribution in [0.25, 0.3) is 5.57 Å². The summed E-state index contributed by atoms with van der Waals surface area (Å²) in [6.07, 6.45) is 4.82. The number of hydrogen-bond donors (Lipinski definition) is 0. The topological polar surface area (TPSA) is 6.48 Å². The highest BCUT2D eigenvalue weighted by atomic mass is 28.3. The molecule has 2 nitrogen and oxygen atoms in total. The van der Waals surface area contributed by atoms with Crippen LogP contribution in [0.2, 0.25) is 6.55 Å². The minimum Gasteiger partial charge on any atom is -0.308 e. The van der Waals surface area contributed by atoms with Crippen molar-refractivity contribution in [2.24, 2.45) is 0 Å². The Morgan fingerprint density at radius 2 is 1.07 bits per heavy atom. The van der Waals surface area contributed by atoms with Crippen LogP contribution < -0.4 is 5.19 Å². The predicted octanol–water partition coefficient (Wildman–Crippen LogP) is 6.27. The summed E-state index contributed by atoms with van der Waals surface area (Å²) in [6, 6.07) is 19.9. The lowest BCUT2D eigenvalue weighted by Gasteiger charge is -2.47. The fourth-order valence-corrected chi connectivity index (χ4v) is 9.10. The predicted molar refractivity (Wildman–Crippen MR) is 137 cm³/mol. The van der Waals surface area contributed by atoms with Crippen molar-refractivity contribution in [3.8, 4) is 0 Å². The normalized spacial score (nSPS) is 12.0. The smallest absolute Gasteiger partial charge is 0.236 e. The van der Waals surface area contributed by atoms with E-state index < -0.39 is 8.40 Å². The molecule has 2 aromatic carbocycles. The molecule has 0 radical (unpaired) electrons. The van der Waals surface area contributed by atoms with Crippen LogP contribution in [-0.2, 0) is 0 Å². The van der Waals surface area contributed by atoms with Gasteiger partial charge in [-0.2, -0.15) is 0 Å². The minimum absolute atomic E-state index is 1.10. The molecule has 0 saturated heterocycles. The maximum Gasteiger partial charge on any atom is 0.236 e. The Morgan fingerprint density at radius 1 is 0.667 bits per heavy atom. The summed E-state index contributed by atoms with van der Waals surface area (Å²) < 4.78 is 5.67. The minimum atomic E-state index is -1.97. The molecule has 0 spiro atoms. The van der Waals surface area contributed by atoms with Crippen LogP contribution in [0.15, 0.2) is 61.2 Å². The van der Waals surface area contributed by atoms with E-state index in [2.05, 4.69) is 105 Å². The van der Waals surface area contributed by atoms with Crippen molar-refractivity contribution in [1.82, 2.24) is 9.13 Å². The average Bonchev–Trinajstić information content (AvgIpc) is 2.78.